The molecule has 10 heteroatoms. The molecule has 0 atom stereocenters. The average molecular weight is 479 g/mol. The van der Waals surface area contributed by atoms with Gasteiger partial charge in [0.15, 0.2) is 0 Å². The van der Waals surface area contributed by atoms with Crippen molar-refractivity contribution < 1.29 is 17.2 Å². The summed E-state index contributed by atoms with van der Waals surface area (Å²) in [4.78, 5) is -0.240. The lowest BCUT2D eigenvalue weighted by atomic mass is 10.1. The van der Waals surface area contributed by atoms with Crippen LogP contribution in [-0.2, 0) is 23.6 Å². The maximum atomic E-state index is 14.5. The lowest BCUT2D eigenvalue weighted by Gasteiger charge is -2.12. The second kappa shape index (κ2) is 9.23. The standard InChI is InChI=1S/C22H20F2N4O2S.ClH/c1-25-11-15-7-22(20-5-3-4-6-21(20)24)28(13-15)31(29,30)19-9-16(8-18(23)10-19)17-12-26-27(2)14-17;/h3-10,12-14,25H,11H2,1-2H3;1H. The van der Waals surface area contributed by atoms with Crippen molar-refractivity contribution in [3.05, 3.63) is 84.3 Å². The lowest BCUT2D eigenvalue weighted by Crippen LogP contribution is -2.14. The van der Waals surface area contributed by atoms with E-state index >= 15 is 0 Å². The molecule has 0 saturated heterocycles. The minimum atomic E-state index is -4.22. The summed E-state index contributed by atoms with van der Waals surface area (Å²) in [6.45, 7) is 0.383. The Morgan fingerprint density at radius 1 is 1.03 bits per heavy atom. The second-order valence-electron chi connectivity index (χ2n) is 7.12. The van der Waals surface area contributed by atoms with Gasteiger partial charge in [-0.2, -0.15) is 5.10 Å². The van der Waals surface area contributed by atoms with E-state index in [9.17, 15) is 17.2 Å². The minimum absolute atomic E-state index is 0. The first-order chi connectivity index (χ1) is 14.8. The number of nitrogens with one attached hydrogen (secondary N) is 1. The highest BCUT2D eigenvalue weighted by Crippen LogP contribution is 2.31. The zero-order valence-corrected chi connectivity index (χ0v) is 18.9. The van der Waals surface area contributed by atoms with Crippen LogP contribution < -0.4 is 5.32 Å². The van der Waals surface area contributed by atoms with Crippen LogP contribution in [0.3, 0.4) is 0 Å². The molecule has 2 heterocycles. The molecule has 0 spiro atoms. The first-order valence-corrected chi connectivity index (χ1v) is 10.9. The smallest absolute Gasteiger partial charge is 0.268 e. The van der Waals surface area contributed by atoms with Gasteiger partial charge in [0.05, 0.1) is 16.8 Å². The van der Waals surface area contributed by atoms with Crippen molar-refractivity contribution in [2.75, 3.05) is 7.05 Å². The van der Waals surface area contributed by atoms with E-state index in [0.717, 1.165) is 10.0 Å². The molecule has 0 unspecified atom stereocenters. The summed E-state index contributed by atoms with van der Waals surface area (Å²) in [6, 6.07) is 11.1. The van der Waals surface area contributed by atoms with Crippen molar-refractivity contribution in [2.45, 2.75) is 11.4 Å². The summed E-state index contributed by atoms with van der Waals surface area (Å²) in [7, 11) is -0.787. The number of rotatable bonds is 6. The molecule has 32 heavy (non-hydrogen) atoms. The average Bonchev–Trinajstić information content (AvgIpc) is 3.35. The van der Waals surface area contributed by atoms with Crippen LogP contribution in [0.5, 0.6) is 0 Å². The van der Waals surface area contributed by atoms with E-state index in [4.69, 9.17) is 0 Å². The van der Waals surface area contributed by atoms with E-state index in [-0.39, 0.29) is 28.6 Å². The molecule has 2 aromatic heterocycles. The van der Waals surface area contributed by atoms with E-state index in [1.165, 1.54) is 42.7 Å². The zero-order valence-electron chi connectivity index (χ0n) is 17.3. The Morgan fingerprint density at radius 3 is 2.44 bits per heavy atom. The predicted molar refractivity (Wildman–Crippen MR) is 121 cm³/mol. The van der Waals surface area contributed by atoms with Crippen molar-refractivity contribution in [3.63, 3.8) is 0 Å². The molecule has 0 radical (unpaired) electrons. The maximum absolute atomic E-state index is 14.5. The van der Waals surface area contributed by atoms with Gasteiger partial charge in [-0.1, -0.05) is 12.1 Å². The normalized spacial score (nSPS) is 11.4. The van der Waals surface area contributed by atoms with Crippen LogP contribution in [0.2, 0.25) is 0 Å². The summed E-state index contributed by atoms with van der Waals surface area (Å²) >= 11 is 0. The Labute approximate surface area is 191 Å². The lowest BCUT2D eigenvalue weighted by molar-refractivity contribution is 0.583. The molecule has 4 rings (SSSR count). The van der Waals surface area contributed by atoms with Crippen LogP contribution in [0.1, 0.15) is 5.56 Å². The Kier molecular flexibility index (Phi) is 6.82. The van der Waals surface area contributed by atoms with E-state index < -0.39 is 21.7 Å². The van der Waals surface area contributed by atoms with Gasteiger partial charge in [0, 0.05) is 37.1 Å². The third kappa shape index (κ3) is 4.45. The van der Waals surface area contributed by atoms with Crippen molar-refractivity contribution >= 4 is 22.4 Å². The quantitative estimate of drug-likeness (QED) is 0.450. The minimum Gasteiger partial charge on any atom is -0.316 e. The monoisotopic (exact) mass is 478 g/mol. The Balaban J connectivity index is 0.00000289. The first-order valence-electron chi connectivity index (χ1n) is 9.45. The van der Waals surface area contributed by atoms with Gasteiger partial charge in [-0.25, -0.2) is 21.2 Å². The van der Waals surface area contributed by atoms with Gasteiger partial charge in [0.1, 0.15) is 11.6 Å². The van der Waals surface area contributed by atoms with Gasteiger partial charge < -0.3 is 5.32 Å². The van der Waals surface area contributed by atoms with Gasteiger partial charge >= 0.3 is 0 Å². The number of nitrogens with zero attached hydrogens (tertiary/aromatic N) is 3. The molecule has 0 aliphatic carbocycles. The number of hydrogen-bond acceptors (Lipinski definition) is 4. The van der Waals surface area contributed by atoms with Crippen LogP contribution >= 0.6 is 12.4 Å². The largest absolute Gasteiger partial charge is 0.316 e. The molecular formula is C22H21ClF2N4O2S. The van der Waals surface area contributed by atoms with Crippen LogP contribution in [0.4, 0.5) is 8.78 Å². The highest BCUT2D eigenvalue weighted by molar-refractivity contribution is 7.90. The van der Waals surface area contributed by atoms with Crippen molar-refractivity contribution in [1.82, 2.24) is 19.1 Å². The van der Waals surface area contributed by atoms with Crippen LogP contribution in [0, 0.1) is 11.6 Å². The molecule has 0 bridgehead atoms. The summed E-state index contributed by atoms with van der Waals surface area (Å²) in [5.74, 6) is -1.25. The number of hydrogen-bond donors (Lipinski definition) is 1. The fraction of sp³-hybridized carbons (Fsp3) is 0.136. The predicted octanol–water partition coefficient (Wildman–Crippen LogP) is 4.21. The summed E-state index contributed by atoms with van der Waals surface area (Å²) in [5, 5.41) is 7.00. The molecule has 0 fully saturated rings. The molecule has 0 saturated carbocycles. The Hall–Kier alpha value is -3.01. The Morgan fingerprint density at radius 2 is 1.78 bits per heavy atom. The summed E-state index contributed by atoms with van der Waals surface area (Å²) in [5.41, 5.74) is 1.90. The molecule has 6 nitrogen and oxygen atoms in total. The molecule has 0 aliphatic heterocycles. The van der Waals surface area contributed by atoms with Crippen molar-refractivity contribution in [2.24, 2.45) is 7.05 Å². The van der Waals surface area contributed by atoms with E-state index in [1.807, 2.05) is 0 Å². The van der Waals surface area contributed by atoms with Gasteiger partial charge in [0.25, 0.3) is 10.0 Å². The van der Waals surface area contributed by atoms with E-state index in [2.05, 4.69) is 10.4 Å². The Bertz CT molecular complexity index is 1370. The number of aromatic nitrogens is 3. The highest BCUT2D eigenvalue weighted by atomic mass is 35.5. The molecule has 0 amide bonds. The van der Waals surface area contributed by atoms with Gasteiger partial charge in [-0.15, -0.1) is 12.4 Å². The fourth-order valence-electron chi connectivity index (χ4n) is 3.42. The van der Waals surface area contributed by atoms with Gasteiger partial charge in [-0.05, 0) is 54.6 Å². The maximum Gasteiger partial charge on any atom is 0.268 e. The van der Waals surface area contributed by atoms with Crippen molar-refractivity contribution in [3.8, 4) is 22.4 Å². The second-order valence-corrected chi connectivity index (χ2v) is 8.94. The van der Waals surface area contributed by atoms with Gasteiger partial charge in [0.2, 0.25) is 0 Å². The van der Waals surface area contributed by atoms with Gasteiger partial charge in [-0.3, -0.25) is 4.68 Å². The van der Waals surface area contributed by atoms with Crippen molar-refractivity contribution in [1.29, 1.82) is 0 Å². The summed E-state index contributed by atoms with van der Waals surface area (Å²) in [6.07, 6.45) is 4.61. The SMILES string of the molecule is CNCc1cc(-c2ccccc2F)n(S(=O)(=O)c2cc(F)cc(-c3cnn(C)c3)c2)c1.Cl. The van der Waals surface area contributed by atoms with Crippen LogP contribution in [0.25, 0.3) is 22.4 Å². The van der Waals surface area contributed by atoms with E-state index in [0.29, 0.717) is 23.2 Å². The number of benzene rings is 2. The number of halogens is 3. The molecule has 2 aromatic carbocycles. The topological polar surface area (TPSA) is 68.9 Å². The highest BCUT2D eigenvalue weighted by Gasteiger charge is 2.24. The molecule has 168 valence electrons. The molecule has 0 aliphatic rings. The molecule has 4 aromatic rings. The third-order valence-electron chi connectivity index (χ3n) is 4.84. The molecule has 1 N–H and O–H groups in total. The third-order valence-corrected chi connectivity index (χ3v) is 6.49. The fourth-order valence-corrected chi connectivity index (χ4v) is 4.87. The van der Waals surface area contributed by atoms with E-state index in [1.54, 1.807) is 37.1 Å². The summed E-state index contributed by atoms with van der Waals surface area (Å²) < 4.78 is 58.5. The number of aryl methyl sites for hydroxylation is 1. The van der Waals surface area contributed by atoms with Crippen LogP contribution in [0.15, 0.2) is 72.0 Å². The zero-order chi connectivity index (χ0) is 22.2. The first kappa shape index (κ1) is 23.6. The molecular weight excluding hydrogens is 458 g/mol. The van der Waals surface area contributed by atoms with Crippen LogP contribution in [-0.4, -0.2) is 29.2 Å².